The van der Waals surface area contributed by atoms with Crippen molar-refractivity contribution in [2.75, 3.05) is 10.6 Å². The highest BCUT2D eigenvalue weighted by Crippen LogP contribution is 2.20. The molecule has 3 N–H and O–H groups in total. The topological polar surface area (TPSA) is 96.2 Å². The van der Waals surface area contributed by atoms with Gasteiger partial charge in [-0.1, -0.05) is 15.9 Å². The monoisotopic (exact) mass is 338 g/mol. The second kappa shape index (κ2) is 5.74. The Hall–Kier alpha value is -2.35. The molecule has 2 rings (SSSR count). The number of carbonyl (C=O) groups is 2. The molecule has 0 aliphatic rings. The molecule has 1 aromatic carbocycles. The number of anilines is 2. The SMILES string of the molecule is Cn1cc(NC(=O)Nc2cc(Br)cc(C(=O)O)c2)cn1. The fourth-order valence-electron chi connectivity index (χ4n) is 1.56. The van der Waals surface area contributed by atoms with Crippen LogP contribution in [-0.2, 0) is 7.05 Å². The van der Waals surface area contributed by atoms with E-state index in [1.54, 1.807) is 24.0 Å². The second-order valence-electron chi connectivity index (χ2n) is 4.02. The maximum absolute atomic E-state index is 11.8. The number of urea groups is 1. The molecule has 20 heavy (non-hydrogen) atoms. The highest BCUT2D eigenvalue weighted by molar-refractivity contribution is 9.10. The van der Waals surface area contributed by atoms with E-state index in [4.69, 9.17) is 5.11 Å². The lowest BCUT2D eigenvalue weighted by Gasteiger charge is -2.07. The fourth-order valence-corrected chi connectivity index (χ4v) is 2.06. The second-order valence-corrected chi connectivity index (χ2v) is 4.93. The smallest absolute Gasteiger partial charge is 0.335 e. The van der Waals surface area contributed by atoms with Crippen molar-refractivity contribution in [3.05, 3.63) is 40.6 Å². The number of nitrogens with one attached hydrogen (secondary N) is 2. The molecule has 104 valence electrons. The number of carbonyl (C=O) groups excluding carboxylic acids is 1. The minimum atomic E-state index is -1.07. The first-order chi connectivity index (χ1) is 9.44. The van der Waals surface area contributed by atoms with Gasteiger partial charge in [0.05, 0.1) is 17.4 Å². The summed E-state index contributed by atoms with van der Waals surface area (Å²) in [6, 6.07) is 3.95. The highest BCUT2D eigenvalue weighted by atomic mass is 79.9. The van der Waals surface area contributed by atoms with Crippen LogP contribution in [0.25, 0.3) is 0 Å². The third kappa shape index (κ3) is 3.58. The number of aromatic carboxylic acids is 1. The van der Waals surface area contributed by atoms with Crippen molar-refractivity contribution in [2.24, 2.45) is 7.05 Å². The molecule has 0 fully saturated rings. The molecule has 0 aliphatic carbocycles. The standard InChI is InChI=1S/C12H11BrN4O3/c1-17-6-10(5-14-17)16-12(20)15-9-3-7(11(18)19)2-8(13)4-9/h2-6H,1H3,(H,18,19)(H2,15,16,20). The summed E-state index contributed by atoms with van der Waals surface area (Å²) < 4.78 is 2.12. The Morgan fingerprint density at radius 1 is 1.25 bits per heavy atom. The van der Waals surface area contributed by atoms with E-state index in [1.165, 1.54) is 18.3 Å². The van der Waals surface area contributed by atoms with Crippen LogP contribution in [0.4, 0.5) is 16.2 Å². The summed E-state index contributed by atoms with van der Waals surface area (Å²) >= 11 is 3.19. The predicted molar refractivity (Wildman–Crippen MR) is 77.0 cm³/mol. The van der Waals surface area contributed by atoms with Crippen LogP contribution in [0.5, 0.6) is 0 Å². The fraction of sp³-hybridized carbons (Fsp3) is 0.0833. The molecular formula is C12H11BrN4O3. The third-order valence-electron chi connectivity index (χ3n) is 2.37. The molecular weight excluding hydrogens is 328 g/mol. The number of nitrogens with zero attached hydrogens (tertiary/aromatic N) is 2. The van der Waals surface area contributed by atoms with Gasteiger partial charge in [-0.15, -0.1) is 0 Å². The number of benzene rings is 1. The number of hydrogen-bond donors (Lipinski definition) is 3. The molecule has 1 heterocycles. The molecule has 0 saturated heterocycles. The Kier molecular flexibility index (Phi) is 4.04. The van der Waals surface area contributed by atoms with Gasteiger partial charge in [0.25, 0.3) is 0 Å². The largest absolute Gasteiger partial charge is 0.478 e. The average Bonchev–Trinajstić information content (AvgIpc) is 2.73. The van der Waals surface area contributed by atoms with Gasteiger partial charge < -0.3 is 15.7 Å². The first-order valence-electron chi connectivity index (χ1n) is 5.54. The van der Waals surface area contributed by atoms with Crippen molar-refractivity contribution in [3.63, 3.8) is 0 Å². The molecule has 0 saturated carbocycles. The van der Waals surface area contributed by atoms with E-state index >= 15 is 0 Å². The molecule has 2 amide bonds. The Morgan fingerprint density at radius 3 is 2.55 bits per heavy atom. The summed E-state index contributed by atoms with van der Waals surface area (Å²) in [4.78, 5) is 22.7. The van der Waals surface area contributed by atoms with Crippen molar-refractivity contribution in [2.45, 2.75) is 0 Å². The molecule has 0 aliphatic heterocycles. The van der Waals surface area contributed by atoms with Crippen molar-refractivity contribution in [1.82, 2.24) is 9.78 Å². The van der Waals surface area contributed by atoms with Crippen LogP contribution in [0.3, 0.4) is 0 Å². The summed E-state index contributed by atoms with van der Waals surface area (Å²) in [5, 5.41) is 18.0. The number of carboxylic acids is 1. The third-order valence-corrected chi connectivity index (χ3v) is 2.82. The van der Waals surface area contributed by atoms with Gasteiger partial charge in [0, 0.05) is 23.4 Å². The molecule has 0 atom stereocenters. The van der Waals surface area contributed by atoms with Crippen LogP contribution >= 0.6 is 15.9 Å². The maximum atomic E-state index is 11.8. The van der Waals surface area contributed by atoms with Crippen LogP contribution in [0, 0.1) is 0 Å². The molecule has 0 unspecified atom stereocenters. The summed E-state index contributed by atoms with van der Waals surface area (Å²) in [6.07, 6.45) is 3.15. The van der Waals surface area contributed by atoms with Crippen LogP contribution < -0.4 is 10.6 Å². The van der Waals surface area contributed by atoms with E-state index in [2.05, 4.69) is 31.7 Å². The minimum absolute atomic E-state index is 0.0797. The zero-order chi connectivity index (χ0) is 14.7. The number of aryl methyl sites for hydroxylation is 1. The Morgan fingerprint density at radius 2 is 1.95 bits per heavy atom. The number of hydrogen-bond acceptors (Lipinski definition) is 3. The first-order valence-corrected chi connectivity index (χ1v) is 6.34. The molecule has 0 spiro atoms. The number of aromatic nitrogens is 2. The average molecular weight is 339 g/mol. The zero-order valence-electron chi connectivity index (χ0n) is 10.4. The predicted octanol–water partition coefficient (Wildman–Crippen LogP) is 2.52. The van der Waals surface area contributed by atoms with Gasteiger partial charge in [0.2, 0.25) is 0 Å². The van der Waals surface area contributed by atoms with Crippen molar-refractivity contribution >= 4 is 39.3 Å². The van der Waals surface area contributed by atoms with E-state index < -0.39 is 12.0 Å². The van der Waals surface area contributed by atoms with Crippen LogP contribution in [-0.4, -0.2) is 26.9 Å². The number of amides is 2. The molecule has 7 nitrogen and oxygen atoms in total. The van der Waals surface area contributed by atoms with Gasteiger partial charge in [-0.25, -0.2) is 9.59 Å². The van der Waals surface area contributed by atoms with Gasteiger partial charge in [-0.05, 0) is 18.2 Å². The highest BCUT2D eigenvalue weighted by Gasteiger charge is 2.09. The summed E-state index contributed by atoms with van der Waals surface area (Å²) in [6.45, 7) is 0. The van der Waals surface area contributed by atoms with Crippen molar-refractivity contribution < 1.29 is 14.7 Å². The van der Waals surface area contributed by atoms with Crippen LogP contribution in [0.2, 0.25) is 0 Å². The number of carboxylic acid groups (broad SMARTS) is 1. The van der Waals surface area contributed by atoms with Crippen LogP contribution in [0.1, 0.15) is 10.4 Å². The maximum Gasteiger partial charge on any atom is 0.335 e. The quantitative estimate of drug-likeness (QED) is 0.801. The van der Waals surface area contributed by atoms with E-state index in [-0.39, 0.29) is 5.56 Å². The molecule has 0 radical (unpaired) electrons. The summed E-state index contributed by atoms with van der Waals surface area (Å²) in [7, 11) is 1.73. The minimum Gasteiger partial charge on any atom is -0.478 e. The van der Waals surface area contributed by atoms with E-state index in [0.717, 1.165) is 0 Å². The Labute approximate surface area is 122 Å². The lowest BCUT2D eigenvalue weighted by molar-refractivity contribution is 0.0697. The van der Waals surface area contributed by atoms with Gasteiger partial charge in [0.1, 0.15) is 0 Å². The number of halogens is 1. The zero-order valence-corrected chi connectivity index (χ0v) is 12.0. The van der Waals surface area contributed by atoms with Crippen molar-refractivity contribution in [3.8, 4) is 0 Å². The van der Waals surface area contributed by atoms with E-state index in [0.29, 0.717) is 15.8 Å². The first kappa shape index (κ1) is 14.1. The molecule has 8 heteroatoms. The molecule has 0 bridgehead atoms. The van der Waals surface area contributed by atoms with Gasteiger partial charge in [-0.2, -0.15) is 5.10 Å². The Balaban J connectivity index is 2.09. The normalized spacial score (nSPS) is 10.1. The van der Waals surface area contributed by atoms with Gasteiger partial charge in [0.15, 0.2) is 0 Å². The van der Waals surface area contributed by atoms with E-state index in [9.17, 15) is 9.59 Å². The van der Waals surface area contributed by atoms with Gasteiger partial charge in [-0.3, -0.25) is 4.68 Å². The lowest BCUT2D eigenvalue weighted by Crippen LogP contribution is -2.19. The Bertz CT molecular complexity index is 668. The molecule has 1 aromatic heterocycles. The van der Waals surface area contributed by atoms with E-state index in [1.807, 2.05) is 0 Å². The summed E-state index contributed by atoms with van der Waals surface area (Å²) in [5.41, 5.74) is 0.993. The number of rotatable bonds is 3. The lowest BCUT2D eigenvalue weighted by atomic mass is 10.2. The molecule has 2 aromatic rings. The van der Waals surface area contributed by atoms with Crippen LogP contribution in [0.15, 0.2) is 35.1 Å². The van der Waals surface area contributed by atoms with Gasteiger partial charge >= 0.3 is 12.0 Å². The summed E-state index contributed by atoms with van der Waals surface area (Å²) in [5.74, 6) is -1.07. The van der Waals surface area contributed by atoms with Crippen molar-refractivity contribution in [1.29, 1.82) is 0 Å².